The summed E-state index contributed by atoms with van der Waals surface area (Å²) >= 11 is 0. The molecule has 2 spiro atoms. The Morgan fingerprint density at radius 1 is 0.484 bits per heavy atom. The zero-order chi connectivity index (χ0) is 86.7. The summed E-state index contributed by atoms with van der Waals surface area (Å²) in [6.45, 7) is 19.2. The van der Waals surface area contributed by atoms with E-state index in [1.54, 1.807) is 60.7 Å². The van der Waals surface area contributed by atoms with Crippen molar-refractivity contribution in [2.24, 2.45) is 11.8 Å². The van der Waals surface area contributed by atoms with E-state index in [0.717, 1.165) is 164 Å². The van der Waals surface area contributed by atoms with Crippen LogP contribution in [0.4, 0.5) is 0 Å². The van der Waals surface area contributed by atoms with Gasteiger partial charge in [0.2, 0.25) is 23.6 Å². The van der Waals surface area contributed by atoms with Crippen LogP contribution >= 0.6 is 0 Å². The number of benzene rings is 6. The normalized spacial score (nSPS) is 19.1. The number of hydrogen-bond donors (Lipinski definition) is 6. The first kappa shape index (κ1) is 94.7. The molecule has 13 rings (SSSR count). The monoisotopic (exact) mass is 1700 g/mol. The molecule has 4 atom stereocenters. The van der Waals surface area contributed by atoms with E-state index in [0.29, 0.717) is 151 Å². The number of nitrogens with zero attached hydrogens (tertiary/aromatic N) is 5. The number of ketones is 2. The van der Waals surface area contributed by atoms with Crippen molar-refractivity contribution in [1.82, 2.24) is 45.8 Å². The summed E-state index contributed by atoms with van der Waals surface area (Å²) in [5.41, 5.74) is 6.82. The van der Waals surface area contributed by atoms with Gasteiger partial charge in [-0.2, -0.15) is 0 Å². The lowest BCUT2D eigenvalue weighted by Crippen LogP contribution is -2.75. The zero-order valence-corrected chi connectivity index (χ0v) is 72.5. The largest absolute Gasteiger partial charge is 0.457 e. The van der Waals surface area contributed by atoms with Crippen molar-refractivity contribution in [1.29, 1.82) is 0 Å². The summed E-state index contributed by atoms with van der Waals surface area (Å²) in [5, 5.41) is 34.9. The number of nitrogens with one attached hydrogen (secondary N) is 4. The lowest BCUT2D eigenvalue weighted by molar-refractivity contribution is -0.166. The van der Waals surface area contributed by atoms with E-state index in [4.69, 9.17) is 18.9 Å². The number of aliphatic hydroxyl groups is 2. The molecule has 5 aliphatic heterocycles. The van der Waals surface area contributed by atoms with Crippen LogP contribution < -0.4 is 30.7 Å². The zero-order valence-electron chi connectivity index (χ0n) is 72.5. The van der Waals surface area contributed by atoms with Crippen LogP contribution in [0.5, 0.6) is 23.0 Å². The number of carbonyl (C=O) groups excluding carboxylic acids is 9. The third-order valence-corrected chi connectivity index (χ3v) is 25.9. The second-order valence-electron chi connectivity index (χ2n) is 34.6. The van der Waals surface area contributed by atoms with Gasteiger partial charge in [0, 0.05) is 120 Å². The number of hydrogen-bond acceptors (Lipinski definition) is 18. The number of amides is 7. The Morgan fingerprint density at radius 2 is 0.871 bits per heavy atom. The Bertz CT molecular complexity index is 4480. The Morgan fingerprint density at radius 3 is 1.28 bits per heavy atom. The molecule has 124 heavy (non-hydrogen) atoms. The van der Waals surface area contributed by atoms with Crippen LogP contribution in [0, 0.1) is 11.8 Å². The van der Waals surface area contributed by atoms with Gasteiger partial charge in [-0.05, 0) is 228 Å². The number of imide groups is 1. The maximum absolute atomic E-state index is 14.1. The predicted molar refractivity (Wildman–Crippen MR) is 479 cm³/mol. The molecule has 24 nitrogen and oxygen atoms in total. The fourth-order valence-corrected chi connectivity index (χ4v) is 18.4. The van der Waals surface area contributed by atoms with Crippen LogP contribution in [0.25, 0.3) is 0 Å². The highest BCUT2D eigenvalue weighted by Gasteiger charge is 2.56. The highest BCUT2D eigenvalue weighted by atomic mass is 16.5. The van der Waals surface area contributed by atoms with Crippen molar-refractivity contribution in [3.63, 3.8) is 0 Å². The van der Waals surface area contributed by atoms with E-state index in [9.17, 15) is 53.4 Å². The lowest BCUT2D eigenvalue weighted by Gasteiger charge is -2.55. The Kier molecular flexibility index (Phi) is 35.8. The number of ether oxygens (including phenoxy) is 4. The molecule has 7 aliphatic rings. The van der Waals surface area contributed by atoms with Gasteiger partial charge in [0.1, 0.15) is 52.2 Å². The quantitative estimate of drug-likeness (QED) is 0.00901. The first-order chi connectivity index (χ1) is 59.7. The minimum atomic E-state index is -0.879. The first-order valence-corrected chi connectivity index (χ1v) is 45.4. The molecule has 5 saturated heterocycles. The summed E-state index contributed by atoms with van der Waals surface area (Å²) in [6, 6.07) is 44.2. The molecule has 6 aromatic rings. The number of carbonyl (C=O) groups is 9. The fraction of sp³-hybridized carbons (Fsp3) is 0.530. The van der Waals surface area contributed by atoms with Gasteiger partial charge < -0.3 is 60.2 Å². The maximum atomic E-state index is 14.1. The van der Waals surface area contributed by atoms with Crippen molar-refractivity contribution < 1.29 is 72.3 Å². The topological polar surface area (TPSA) is 295 Å². The van der Waals surface area contributed by atoms with Crippen LogP contribution in [0.2, 0.25) is 0 Å². The van der Waals surface area contributed by atoms with Gasteiger partial charge in [-0.1, -0.05) is 140 Å². The number of aryl methyl sites for hydroxylation is 3. The number of likely N-dealkylation sites (tertiary alicyclic amines) is 3. The molecule has 24 heteroatoms. The summed E-state index contributed by atoms with van der Waals surface area (Å²) in [5.74, 6) is 1.82. The summed E-state index contributed by atoms with van der Waals surface area (Å²) in [7, 11) is 0. The van der Waals surface area contributed by atoms with E-state index in [-0.39, 0.29) is 78.6 Å². The second kappa shape index (κ2) is 46.9. The van der Waals surface area contributed by atoms with E-state index in [2.05, 4.69) is 80.7 Å². The van der Waals surface area contributed by atoms with E-state index >= 15 is 0 Å². The number of piperazine rings is 2. The predicted octanol–water partition coefficient (Wildman–Crippen LogP) is 14.0. The molecule has 7 fully saturated rings. The van der Waals surface area contributed by atoms with E-state index in [1.807, 2.05) is 65.6 Å². The minimum Gasteiger partial charge on any atom is -0.457 e. The average Bonchev–Trinajstić information content (AvgIpc) is 0.745. The van der Waals surface area contributed by atoms with Crippen LogP contribution in [0.3, 0.4) is 0 Å². The standard InChI is InChI=1S/C50H66N4O8.C49H63N5O7.CH4/c1-3-4-29-54-48(59)45(46(57)40-10-6-5-7-11-40)52-49(60)50(54)26-30-53(31-27-50)35-39-17-22-43(23-18-39)62-44-24-19-41(20-25-44)47(58)51-28-33-61-32-8-9-37-12-14-38(15-13-37)16-21-42(56)34-36(2)55;1-3-4-28-54-48(59)44(45(56)38-10-6-5-7-11-38)51-35(2)49(54)25-30-52(31-26-49)34-37-14-20-41(21-15-37)61-42-22-18-39(19-23-42)46(57)50-27-33-60-32-8-9-36-12-16-40(17-13-36)47(58)53-29-24-43(53)55;/h12-15,17-20,22-25,40,45-46,57H,3-11,16,21,26-35H2,1-2H3,(H,51,58)(H,52,60);12-23,38,44-45,51,56H,2-11,24-34H2,1H3,(H,50,57);1H4/t45-,46+;44-,45+;/m00./s1. The van der Waals surface area contributed by atoms with Gasteiger partial charge >= 0.3 is 0 Å². The lowest BCUT2D eigenvalue weighted by atomic mass is 9.76. The van der Waals surface area contributed by atoms with Crippen LogP contribution in [-0.4, -0.2) is 208 Å². The smallest absolute Gasteiger partial charge is 0.260 e. The van der Waals surface area contributed by atoms with Crippen molar-refractivity contribution in [2.75, 3.05) is 85.3 Å². The SMILES string of the molecule is C.C=C1N[C@@H]([C@H](O)C2CCCCC2)C(=O)N(CCCC)C12CCN(Cc1ccc(Oc3ccc(C(=O)NCCOCCCc4ccc(C(=O)N5CCC5=O)cc4)cc3)cc1)CC2.CCCCN1C(=O)[C@H]([C@H](O)C2CCCCC2)NC(=O)C12CCN(Cc1ccc(Oc3ccc(C(=O)NCCOCCCc4ccc(CCC(=O)CC(C)=O)cc4)cc3)cc1)CC2. The summed E-state index contributed by atoms with van der Waals surface area (Å²) in [6.07, 6.45) is 20.1. The number of rotatable bonds is 40. The van der Waals surface area contributed by atoms with E-state index < -0.39 is 35.4 Å². The Labute approximate surface area is 733 Å². The molecule has 0 radical (unpaired) electrons. The van der Waals surface area contributed by atoms with Crippen molar-refractivity contribution in [3.05, 3.63) is 202 Å². The van der Waals surface area contributed by atoms with Gasteiger partial charge in [-0.3, -0.25) is 57.9 Å². The number of aliphatic hydroxyl groups excluding tert-OH is 2. The number of β-lactam (4-membered cyclic amide) rings is 1. The number of Topliss-reactive ketones (excluding diaryl/α,β-unsaturated/α-hetero) is 2. The molecule has 2 saturated carbocycles. The molecule has 0 bridgehead atoms. The molecule has 5 heterocycles. The van der Waals surface area contributed by atoms with Crippen LogP contribution in [-0.2, 0) is 70.6 Å². The highest BCUT2D eigenvalue weighted by molar-refractivity contribution is 6.07. The molecule has 0 unspecified atom stereocenters. The molecule has 0 aromatic heterocycles. The first-order valence-electron chi connectivity index (χ1n) is 45.4. The van der Waals surface area contributed by atoms with Gasteiger partial charge in [0.25, 0.3) is 17.7 Å². The Balaban J connectivity index is 0.000000239. The molecule has 7 amide bonds. The van der Waals surface area contributed by atoms with Crippen LogP contribution in [0.15, 0.2) is 158 Å². The number of piperidine rings is 2. The third kappa shape index (κ3) is 25.7. The maximum Gasteiger partial charge on any atom is 0.260 e. The molecular formula is C100H133N9O15. The molecule has 668 valence electrons. The summed E-state index contributed by atoms with van der Waals surface area (Å²) in [4.78, 5) is 124. The molecule has 6 aromatic carbocycles. The fourth-order valence-electron chi connectivity index (χ4n) is 18.4. The number of unbranched alkanes of at least 4 members (excludes halogenated alkanes) is 2. The van der Waals surface area contributed by atoms with Gasteiger partial charge in [-0.25, -0.2) is 0 Å². The molecule has 6 N–H and O–H groups in total. The van der Waals surface area contributed by atoms with Crippen LogP contribution in [0.1, 0.15) is 235 Å². The molecule has 2 aliphatic carbocycles. The average molecular weight is 1700 g/mol. The Hall–Kier alpha value is -9.95. The minimum absolute atomic E-state index is 0. The third-order valence-electron chi connectivity index (χ3n) is 25.9. The van der Waals surface area contributed by atoms with E-state index in [1.165, 1.54) is 29.4 Å². The molecular weight excluding hydrogens is 1570 g/mol. The highest BCUT2D eigenvalue weighted by Crippen LogP contribution is 2.42. The second-order valence-corrected chi connectivity index (χ2v) is 34.6. The van der Waals surface area contributed by atoms with Crippen molar-refractivity contribution in [3.8, 4) is 23.0 Å². The van der Waals surface area contributed by atoms with Gasteiger partial charge in [-0.15, -0.1) is 0 Å². The van der Waals surface area contributed by atoms with Crippen molar-refractivity contribution >= 4 is 52.9 Å². The van der Waals surface area contributed by atoms with Gasteiger partial charge in [0.05, 0.1) is 37.4 Å². The van der Waals surface area contributed by atoms with Crippen molar-refractivity contribution in [2.45, 2.75) is 244 Å². The summed E-state index contributed by atoms with van der Waals surface area (Å²) < 4.78 is 23.6. The van der Waals surface area contributed by atoms with Gasteiger partial charge in [0.15, 0.2) is 0 Å².